The quantitative estimate of drug-likeness (QED) is 0.549. The molecule has 138 valence electrons. The highest BCUT2D eigenvalue weighted by Crippen LogP contribution is 2.49. The van der Waals surface area contributed by atoms with Crippen LogP contribution < -0.4 is 18.9 Å². The number of phenols is 1. The van der Waals surface area contributed by atoms with Gasteiger partial charge in [0.15, 0.2) is 23.0 Å². The number of benzene rings is 3. The van der Waals surface area contributed by atoms with E-state index in [1.165, 1.54) is 31.4 Å². The predicted octanol–water partition coefficient (Wildman–Crippen LogP) is 4.10. The standard InChI is InChI=1S/C19H15NO6S/c1-24-13-6-8-14(9-7-13)27(22,23)20-15-3-2-4-17-19(15)26-16-10-5-12(21)11-18(16)25-17/h2-11,20-21H,1H3. The highest BCUT2D eigenvalue weighted by molar-refractivity contribution is 7.92. The Morgan fingerprint density at radius 1 is 0.926 bits per heavy atom. The van der Waals surface area contributed by atoms with E-state index in [1.54, 1.807) is 36.4 Å². The summed E-state index contributed by atoms with van der Waals surface area (Å²) in [4.78, 5) is 0.0861. The van der Waals surface area contributed by atoms with Gasteiger partial charge in [-0.05, 0) is 48.5 Å². The summed E-state index contributed by atoms with van der Waals surface area (Å²) in [6.07, 6.45) is 0. The number of aromatic hydroxyl groups is 1. The second-order valence-corrected chi connectivity index (χ2v) is 7.43. The molecule has 0 radical (unpaired) electrons. The van der Waals surface area contributed by atoms with E-state index in [1.807, 2.05) is 0 Å². The first kappa shape index (κ1) is 17.0. The fourth-order valence-electron chi connectivity index (χ4n) is 2.63. The van der Waals surface area contributed by atoms with Crippen molar-refractivity contribution < 1.29 is 27.7 Å². The maximum absolute atomic E-state index is 12.7. The molecule has 8 heteroatoms. The van der Waals surface area contributed by atoms with Gasteiger partial charge in [0.1, 0.15) is 11.5 Å². The van der Waals surface area contributed by atoms with Gasteiger partial charge in [-0.3, -0.25) is 4.72 Å². The summed E-state index contributed by atoms with van der Waals surface area (Å²) in [6.45, 7) is 0. The number of fused-ring (bicyclic) bond motifs is 2. The second kappa shape index (κ2) is 6.40. The van der Waals surface area contributed by atoms with E-state index in [0.717, 1.165) is 0 Å². The van der Waals surface area contributed by atoms with Gasteiger partial charge in [-0.2, -0.15) is 0 Å². The van der Waals surface area contributed by atoms with Crippen molar-refractivity contribution in [3.05, 3.63) is 60.7 Å². The van der Waals surface area contributed by atoms with E-state index in [-0.39, 0.29) is 22.1 Å². The maximum Gasteiger partial charge on any atom is 0.262 e. The molecule has 3 aromatic carbocycles. The molecule has 0 atom stereocenters. The van der Waals surface area contributed by atoms with Crippen LogP contribution in [0.25, 0.3) is 0 Å². The summed E-state index contributed by atoms with van der Waals surface area (Å²) in [5.74, 6) is 1.89. The number of sulfonamides is 1. The third kappa shape index (κ3) is 3.22. The van der Waals surface area contributed by atoms with Crippen LogP contribution in [0.1, 0.15) is 0 Å². The zero-order chi connectivity index (χ0) is 19.0. The number of phenolic OH excluding ortho intramolecular Hbond substituents is 1. The van der Waals surface area contributed by atoms with Crippen LogP contribution in [0.5, 0.6) is 34.5 Å². The summed E-state index contributed by atoms with van der Waals surface area (Å²) >= 11 is 0. The van der Waals surface area contributed by atoms with Crippen molar-refractivity contribution in [1.29, 1.82) is 0 Å². The monoisotopic (exact) mass is 385 g/mol. The molecule has 3 aromatic rings. The molecule has 0 bridgehead atoms. The fraction of sp³-hybridized carbons (Fsp3) is 0.0526. The Labute approximate surface area is 155 Å². The minimum atomic E-state index is -3.84. The van der Waals surface area contributed by atoms with Crippen molar-refractivity contribution in [2.24, 2.45) is 0 Å². The third-order valence-corrected chi connectivity index (χ3v) is 5.33. The Balaban J connectivity index is 1.67. The molecule has 1 heterocycles. The topological polar surface area (TPSA) is 94.1 Å². The molecule has 0 spiro atoms. The van der Waals surface area contributed by atoms with E-state index in [0.29, 0.717) is 23.0 Å². The third-order valence-electron chi connectivity index (χ3n) is 3.95. The Kier molecular flexibility index (Phi) is 4.04. The predicted molar refractivity (Wildman–Crippen MR) is 98.5 cm³/mol. The van der Waals surface area contributed by atoms with Crippen molar-refractivity contribution in [3.63, 3.8) is 0 Å². The van der Waals surface area contributed by atoms with E-state index in [2.05, 4.69) is 4.72 Å². The van der Waals surface area contributed by atoms with Crippen molar-refractivity contribution in [1.82, 2.24) is 0 Å². The zero-order valence-electron chi connectivity index (χ0n) is 14.2. The number of para-hydroxylation sites is 1. The first-order chi connectivity index (χ1) is 13.0. The van der Waals surface area contributed by atoms with Gasteiger partial charge in [0.25, 0.3) is 10.0 Å². The van der Waals surface area contributed by atoms with Crippen LogP contribution in [0, 0.1) is 0 Å². The number of nitrogens with one attached hydrogen (secondary N) is 1. The van der Waals surface area contributed by atoms with Crippen LogP contribution in [0.3, 0.4) is 0 Å². The van der Waals surface area contributed by atoms with E-state index < -0.39 is 10.0 Å². The van der Waals surface area contributed by atoms with Crippen molar-refractivity contribution in [3.8, 4) is 34.5 Å². The molecule has 0 saturated carbocycles. The number of methoxy groups -OCH3 is 1. The Morgan fingerprint density at radius 3 is 2.44 bits per heavy atom. The molecule has 4 rings (SSSR count). The van der Waals surface area contributed by atoms with Gasteiger partial charge < -0.3 is 19.3 Å². The maximum atomic E-state index is 12.7. The number of anilines is 1. The van der Waals surface area contributed by atoms with Crippen LogP contribution >= 0.6 is 0 Å². The molecule has 0 amide bonds. The molecule has 1 aliphatic heterocycles. The first-order valence-electron chi connectivity index (χ1n) is 7.95. The van der Waals surface area contributed by atoms with Crippen LogP contribution in [-0.2, 0) is 10.0 Å². The van der Waals surface area contributed by atoms with Crippen molar-refractivity contribution >= 4 is 15.7 Å². The van der Waals surface area contributed by atoms with Gasteiger partial charge in [0, 0.05) is 6.07 Å². The Bertz CT molecular complexity index is 1110. The van der Waals surface area contributed by atoms with Crippen LogP contribution in [0.2, 0.25) is 0 Å². The fourth-order valence-corrected chi connectivity index (χ4v) is 3.69. The number of rotatable bonds is 4. The lowest BCUT2D eigenvalue weighted by Gasteiger charge is -2.23. The smallest absolute Gasteiger partial charge is 0.262 e. The van der Waals surface area contributed by atoms with Crippen molar-refractivity contribution in [2.75, 3.05) is 11.8 Å². The van der Waals surface area contributed by atoms with Crippen LogP contribution in [0.15, 0.2) is 65.6 Å². The van der Waals surface area contributed by atoms with Gasteiger partial charge in [0.2, 0.25) is 0 Å². The SMILES string of the molecule is COc1ccc(S(=O)(=O)Nc2cccc3c2Oc2ccc(O)cc2O3)cc1. The summed E-state index contributed by atoms with van der Waals surface area (Å²) in [7, 11) is -2.33. The molecule has 1 aliphatic rings. The largest absolute Gasteiger partial charge is 0.508 e. The summed E-state index contributed by atoms with van der Waals surface area (Å²) in [5.41, 5.74) is 0.238. The molecular weight excluding hydrogens is 370 g/mol. The molecule has 2 N–H and O–H groups in total. The van der Waals surface area contributed by atoms with Gasteiger partial charge in [-0.25, -0.2) is 8.42 Å². The Morgan fingerprint density at radius 2 is 1.70 bits per heavy atom. The lowest BCUT2D eigenvalue weighted by molar-refractivity contribution is 0.357. The molecule has 0 aliphatic carbocycles. The number of hydrogen-bond acceptors (Lipinski definition) is 6. The van der Waals surface area contributed by atoms with Crippen LogP contribution in [-0.4, -0.2) is 20.6 Å². The average molecular weight is 385 g/mol. The molecule has 7 nitrogen and oxygen atoms in total. The Hall–Kier alpha value is -3.39. The lowest BCUT2D eigenvalue weighted by Crippen LogP contribution is -2.14. The highest BCUT2D eigenvalue weighted by Gasteiger charge is 2.24. The molecule has 0 fully saturated rings. The summed E-state index contributed by atoms with van der Waals surface area (Å²) in [6, 6.07) is 15.3. The van der Waals surface area contributed by atoms with E-state index in [4.69, 9.17) is 14.2 Å². The molecule has 0 saturated heterocycles. The normalized spacial score (nSPS) is 12.2. The van der Waals surface area contributed by atoms with Crippen molar-refractivity contribution in [2.45, 2.75) is 4.90 Å². The van der Waals surface area contributed by atoms with Gasteiger partial charge in [-0.15, -0.1) is 0 Å². The molecule has 0 aromatic heterocycles. The van der Waals surface area contributed by atoms with Gasteiger partial charge >= 0.3 is 0 Å². The number of ether oxygens (including phenoxy) is 3. The van der Waals surface area contributed by atoms with Gasteiger partial charge in [-0.1, -0.05) is 6.07 Å². The zero-order valence-corrected chi connectivity index (χ0v) is 15.0. The molecular formula is C19H15NO6S. The van der Waals surface area contributed by atoms with Gasteiger partial charge in [0.05, 0.1) is 17.7 Å². The summed E-state index contributed by atoms with van der Waals surface area (Å²) in [5, 5.41) is 9.57. The minimum absolute atomic E-state index is 0.0390. The summed E-state index contributed by atoms with van der Waals surface area (Å²) < 4.78 is 44.5. The minimum Gasteiger partial charge on any atom is -0.508 e. The average Bonchev–Trinajstić information content (AvgIpc) is 2.66. The molecule has 27 heavy (non-hydrogen) atoms. The highest BCUT2D eigenvalue weighted by atomic mass is 32.2. The first-order valence-corrected chi connectivity index (χ1v) is 9.43. The van der Waals surface area contributed by atoms with E-state index >= 15 is 0 Å². The second-order valence-electron chi connectivity index (χ2n) is 5.75. The lowest BCUT2D eigenvalue weighted by atomic mass is 10.2. The van der Waals surface area contributed by atoms with E-state index in [9.17, 15) is 13.5 Å². The number of hydrogen-bond donors (Lipinski definition) is 2. The molecule has 0 unspecified atom stereocenters. The van der Waals surface area contributed by atoms with Crippen LogP contribution in [0.4, 0.5) is 5.69 Å².